The van der Waals surface area contributed by atoms with Gasteiger partial charge in [-0.3, -0.25) is 9.59 Å². The number of rotatable bonds is 8. The summed E-state index contributed by atoms with van der Waals surface area (Å²) in [7, 11) is 4.53. The topological polar surface area (TPSA) is 86.3 Å². The van der Waals surface area contributed by atoms with Crippen LogP contribution in [-0.2, 0) is 4.79 Å². The Bertz CT molecular complexity index is 869. The first-order valence-corrected chi connectivity index (χ1v) is 10.1. The number of likely N-dealkylation sites (tertiary alicyclic amines) is 1. The lowest BCUT2D eigenvalue weighted by Crippen LogP contribution is -2.47. The molecule has 2 aromatic rings. The first-order chi connectivity index (χ1) is 15.0. The average Bonchev–Trinajstić information content (AvgIpc) is 2.82. The van der Waals surface area contributed by atoms with Crippen LogP contribution < -0.4 is 24.3 Å². The fourth-order valence-corrected chi connectivity index (χ4v) is 3.51. The Labute approximate surface area is 182 Å². The standard InChI is InChI=1S/C23H28N2O6/c1-28-19-13-16(14-20(29-2)22(19)30-3)23(27)24-17-9-11-25(12-10-17)21(26)15-31-18-7-5-4-6-8-18/h4-8,13-14,17H,9-12,15H2,1-3H3,(H,24,27). The minimum absolute atomic E-state index is 0.00643. The molecule has 0 radical (unpaired) electrons. The number of benzene rings is 2. The zero-order chi connectivity index (χ0) is 22.2. The maximum Gasteiger partial charge on any atom is 0.260 e. The van der Waals surface area contributed by atoms with E-state index in [1.165, 1.54) is 21.3 Å². The molecule has 31 heavy (non-hydrogen) atoms. The molecule has 3 rings (SSSR count). The van der Waals surface area contributed by atoms with E-state index in [2.05, 4.69) is 5.32 Å². The molecule has 8 nitrogen and oxygen atoms in total. The first-order valence-electron chi connectivity index (χ1n) is 10.1. The van der Waals surface area contributed by atoms with Crippen LogP contribution in [0.3, 0.4) is 0 Å². The van der Waals surface area contributed by atoms with E-state index in [4.69, 9.17) is 18.9 Å². The smallest absolute Gasteiger partial charge is 0.260 e. The SMILES string of the molecule is COc1cc(C(=O)NC2CCN(C(=O)COc3ccccc3)CC2)cc(OC)c1OC. The molecule has 0 aliphatic carbocycles. The Kier molecular flexibility index (Phi) is 7.59. The van der Waals surface area contributed by atoms with Crippen molar-refractivity contribution in [1.82, 2.24) is 10.2 Å². The molecule has 1 saturated heterocycles. The highest BCUT2D eigenvalue weighted by molar-refractivity contribution is 5.95. The van der Waals surface area contributed by atoms with Crippen molar-refractivity contribution in [3.05, 3.63) is 48.0 Å². The molecule has 0 saturated carbocycles. The van der Waals surface area contributed by atoms with Gasteiger partial charge in [-0.15, -0.1) is 0 Å². The number of hydrogen-bond acceptors (Lipinski definition) is 6. The van der Waals surface area contributed by atoms with Gasteiger partial charge in [0.25, 0.3) is 11.8 Å². The van der Waals surface area contributed by atoms with Gasteiger partial charge in [-0.1, -0.05) is 18.2 Å². The molecule has 1 N–H and O–H groups in total. The number of carbonyl (C=O) groups excluding carboxylic acids is 2. The van der Waals surface area contributed by atoms with Gasteiger partial charge in [0.15, 0.2) is 18.1 Å². The number of piperidine rings is 1. The molecule has 166 valence electrons. The summed E-state index contributed by atoms with van der Waals surface area (Å²) >= 11 is 0. The fourth-order valence-electron chi connectivity index (χ4n) is 3.51. The van der Waals surface area contributed by atoms with Crippen LogP contribution in [0.2, 0.25) is 0 Å². The van der Waals surface area contributed by atoms with E-state index in [0.717, 1.165) is 0 Å². The van der Waals surface area contributed by atoms with E-state index in [1.54, 1.807) is 17.0 Å². The second-order valence-corrected chi connectivity index (χ2v) is 7.14. The predicted molar refractivity (Wildman–Crippen MR) is 115 cm³/mol. The number of ether oxygens (including phenoxy) is 4. The average molecular weight is 428 g/mol. The van der Waals surface area contributed by atoms with Gasteiger partial charge in [0.2, 0.25) is 5.75 Å². The van der Waals surface area contributed by atoms with Crippen molar-refractivity contribution in [1.29, 1.82) is 0 Å². The maximum atomic E-state index is 12.8. The number of amides is 2. The zero-order valence-corrected chi connectivity index (χ0v) is 18.1. The van der Waals surface area contributed by atoms with E-state index >= 15 is 0 Å². The van der Waals surface area contributed by atoms with Crippen LogP contribution in [0.4, 0.5) is 0 Å². The van der Waals surface area contributed by atoms with Gasteiger partial charge in [-0.2, -0.15) is 0 Å². The Morgan fingerprint density at radius 3 is 2.13 bits per heavy atom. The van der Waals surface area contributed by atoms with Crippen molar-refractivity contribution in [2.45, 2.75) is 18.9 Å². The molecule has 0 atom stereocenters. The molecule has 1 aliphatic rings. The molecule has 0 aromatic heterocycles. The minimum Gasteiger partial charge on any atom is -0.493 e. The van der Waals surface area contributed by atoms with Gasteiger partial charge in [0.1, 0.15) is 5.75 Å². The van der Waals surface area contributed by atoms with E-state index in [-0.39, 0.29) is 24.5 Å². The number of nitrogens with one attached hydrogen (secondary N) is 1. The quantitative estimate of drug-likeness (QED) is 0.695. The van der Waals surface area contributed by atoms with Gasteiger partial charge in [0, 0.05) is 24.7 Å². The summed E-state index contributed by atoms with van der Waals surface area (Å²) < 4.78 is 21.5. The third kappa shape index (κ3) is 5.59. The predicted octanol–water partition coefficient (Wildman–Crippen LogP) is 2.51. The van der Waals surface area contributed by atoms with Gasteiger partial charge in [0.05, 0.1) is 21.3 Å². The summed E-state index contributed by atoms with van der Waals surface area (Å²) in [5.41, 5.74) is 0.421. The molecule has 8 heteroatoms. The van der Waals surface area contributed by atoms with Crippen LogP contribution in [0.5, 0.6) is 23.0 Å². The number of hydrogen-bond donors (Lipinski definition) is 1. The molecule has 2 aromatic carbocycles. The van der Waals surface area contributed by atoms with Crippen molar-refractivity contribution < 1.29 is 28.5 Å². The van der Waals surface area contributed by atoms with E-state index < -0.39 is 0 Å². The van der Waals surface area contributed by atoms with Crippen LogP contribution >= 0.6 is 0 Å². The Balaban J connectivity index is 1.52. The van der Waals surface area contributed by atoms with E-state index in [9.17, 15) is 9.59 Å². The van der Waals surface area contributed by atoms with Crippen molar-refractivity contribution in [2.75, 3.05) is 41.0 Å². The minimum atomic E-state index is -0.226. The highest BCUT2D eigenvalue weighted by atomic mass is 16.5. The van der Waals surface area contributed by atoms with Crippen LogP contribution in [0.15, 0.2) is 42.5 Å². The van der Waals surface area contributed by atoms with Crippen LogP contribution in [0.25, 0.3) is 0 Å². The third-order valence-corrected chi connectivity index (χ3v) is 5.22. The number of para-hydroxylation sites is 1. The summed E-state index contributed by atoms with van der Waals surface area (Å²) in [6.45, 7) is 1.14. The molecule has 0 bridgehead atoms. The van der Waals surface area contributed by atoms with Crippen molar-refractivity contribution >= 4 is 11.8 Å². The molecule has 0 unspecified atom stereocenters. The van der Waals surface area contributed by atoms with Crippen LogP contribution in [0, 0.1) is 0 Å². The molecule has 1 heterocycles. The summed E-state index contributed by atoms with van der Waals surface area (Å²) in [6, 6.07) is 12.5. The summed E-state index contributed by atoms with van der Waals surface area (Å²) in [4.78, 5) is 26.9. The van der Waals surface area contributed by atoms with Crippen molar-refractivity contribution in [3.8, 4) is 23.0 Å². The van der Waals surface area contributed by atoms with Gasteiger partial charge < -0.3 is 29.2 Å². The van der Waals surface area contributed by atoms with Gasteiger partial charge in [-0.05, 0) is 37.1 Å². The van der Waals surface area contributed by atoms with Crippen LogP contribution in [0.1, 0.15) is 23.2 Å². The maximum absolute atomic E-state index is 12.8. The second kappa shape index (κ2) is 10.6. The van der Waals surface area contributed by atoms with Crippen molar-refractivity contribution in [2.24, 2.45) is 0 Å². The normalized spacial score (nSPS) is 14.0. The largest absolute Gasteiger partial charge is 0.493 e. The number of nitrogens with zero attached hydrogens (tertiary/aromatic N) is 1. The summed E-state index contributed by atoms with van der Waals surface area (Å²) in [5.74, 6) is 1.67. The molecule has 0 spiro atoms. The number of carbonyl (C=O) groups is 2. The van der Waals surface area contributed by atoms with Gasteiger partial charge in [-0.25, -0.2) is 0 Å². The molecule has 1 fully saturated rings. The Morgan fingerprint density at radius 1 is 0.968 bits per heavy atom. The monoisotopic (exact) mass is 428 g/mol. The molecule has 1 aliphatic heterocycles. The van der Waals surface area contributed by atoms with E-state index in [0.29, 0.717) is 54.5 Å². The third-order valence-electron chi connectivity index (χ3n) is 5.22. The fraction of sp³-hybridized carbons (Fsp3) is 0.391. The highest BCUT2D eigenvalue weighted by Crippen LogP contribution is 2.38. The Hall–Kier alpha value is -3.42. The van der Waals surface area contributed by atoms with Gasteiger partial charge >= 0.3 is 0 Å². The molecule has 2 amide bonds. The lowest BCUT2D eigenvalue weighted by molar-refractivity contribution is -0.134. The lowest BCUT2D eigenvalue weighted by Gasteiger charge is -2.32. The lowest BCUT2D eigenvalue weighted by atomic mass is 10.0. The van der Waals surface area contributed by atoms with Crippen molar-refractivity contribution in [3.63, 3.8) is 0 Å². The molecular weight excluding hydrogens is 400 g/mol. The van der Waals surface area contributed by atoms with E-state index in [1.807, 2.05) is 30.3 Å². The number of methoxy groups -OCH3 is 3. The Morgan fingerprint density at radius 2 is 1.58 bits per heavy atom. The second-order valence-electron chi connectivity index (χ2n) is 7.14. The summed E-state index contributed by atoms with van der Waals surface area (Å²) in [5, 5.41) is 3.03. The molecular formula is C23H28N2O6. The highest BCUT2D eigenvalue weighted by Gasteiger charge is 2.25. The van der Waals surface area contributed by atoms with Crippen LogP contribution in [-0.4, -0.2) is 63.8 Å². The zero-order valence-electron chi connectivity index (χ0n) is 18.1. The first kappa shape index (κ1) is 22.3. The summed E-state index contributed by atoms with van der Waals surface area (Å²) in [6.07, 6.45) is 1.35.